The number of carbonyl (C=O) groups excluding carboxylic acids is 1. The van der Waals surface area contributed by atoms with Gasteiger partial charge in [-0.2, -0.15) is 0 Å². The molecule has 1 amide bonds. The molecule has 1 spiro atoms. The minimum atomic E-state index is 0.120. The Morgan fingerprint density at radius 2 is 1.86 bits per heavy atom. The van der Waals surface area contributed by atoms with Gasteiger partial charge in [-0.1, -0.05) is 6.42 Å². The minimum Gasteiger partial charge on any atom is -0.381 e. The number of nitrogens with zero attached hydrogens (tertiary/aromatic N) is 1. The fourth-order valence-electron chi connectivity index (χ4n) is 5.32. The van der Waals surface area contributed by atoms with Gasteiger partial charge in [0.2, 0.25) is 5.91 Å². The van der Waals surface area contributed by atoms with Crippen LogP contribution in [0.4, 0.5) is 0 Å². The predicted octanol–water partition coefficient (Wildman–Crippen LogP) is 2.22. The fraction of sp³-hybridized carbons (Fsp3) is 0.941. The van der Waals surface area contributed by atoms with Gasteiger partial charge in [0.25, 0.3) is 0 Å². The molecule has 0 aromatic carbocycles. The van der Waals surface area contributed by atoms with Crippen LogP contribution in [0.1, 0.15) is 44.9 Å². The fourth-order valence-corrected chi connectivity index (χ4v) is 5.32. The first-order valence-corrected chi connectivity index (χ1v) is 8.76. The van der Waals surface area contributed by atoms with Crippen LogP contribution < -0.4 is 0 Å². The first kappa shape index (κ1) is 14.0. The van der Waals surface area contributed by atoms with Crippen molar-refractivity contribution in [2.45, 2.75) is 51.0 Å². The molecule has 118 valence electrons. The number of ether oxygens (including phenoxy) is 2. The number of likely N-dealkylation sites (tertiary alicyclic amines) is 1. The summed E-state index contributed by atoms with van der Waals surface area (Å²) < 4.78 is 11.1. The standard InChI is InChI=1S/C17H27NO3/c19-16(13-3-2-8-21-11-13)18-12-17(6-9-20-10-7-17)14-4-1-5-15(14)18/h13-15H,1-12H2/t13-,14+,15-/m0/s1. The molecule has 1 saturated carbocycles. The lowest BCUT2D eigenvalue weighted by Crippen LogP contribution is -2.43. The zero-order chi connectivity index (χ0) is 14.3. The SMILES string of the molecule is O=C([C@H]1CCCOC1)N1CC2(CCOCC2)[C@@H]2CCC[C@@H]21. The van der Waals surface area contributed by atoms with Gasteiger partial charge in [-0.05, 0) is 49.9 Å². The van der Waals surface area contributed by atoms with Crippen molar-refractivity contribution in [1.29, 1.82) is 0 Å². The van der Waals surface area contributed by atoms with Crippen molar-refractivity contribution in [2.24, 2.45) is 17.3 Å². The van der Waals surface area contributed by atoms with Crippen molar-refractivity contribution >= 4 is 5.91 Å². The van der Waals surface area contributed by atoms with Gasteiger partial charge in [0.05, 0.1) is 12.5 Å². The largest absolute Gasteiger partial charge is 0.381 e. The predicted molar refractivity (Wildman–Crippen MR) is 78.9 cm³/mol. The third-order valence-electron chi connectivity index (χ3n) is 6.43. The molecular formula is C17H27NO3. The second kappa shape index (κ2) is 5.54. The monoisotopic (exact) mass is 293 g/mol. The van der Waals surface area contributed by atoms with Crippen LogP contribution in [0.2, 0.25) is 0 Å². The Morgan fingerprint density at radius 1 is 1.00 bits per heavy atom. The first-order chi connectivity index (χ1) is 10.3. The van der Waals surface area contributed by atoms with Crippen molar-refractivity contribution in [3.63, 3.8) is 0 Å². The third kappa shape index (κ3) is 2.31. The highest BCUT2D eigenvalue weighted by Gasteiger charge is 2.55. The van der Waals surface area contributed by atoms with E-state index in [1.54, 1.807) is 0 Å². The van der Waals surface area contributed by atoms with Crippen LogP contribution in [-0.2, 0) is 14.3 Å². The van der Waals surface area contributed by atoms with Crippen LogP contribution in [0.15, 0.2) is 0 Å². The van der Waals surface area contributed by atoms with Crippen molar-refractivity contribution in [3.8, 4) is 0 Å². The maximum absolute atomic E-state index is 13.0. The lowest BCUT2D eigenvalue weighted by molar-refractivity contribution is -0.141. The summed E-state index contributed by atoms with van der Waals surface area (Å²) in [5, 5.41) is 0. The second-order valence-corrected chi connectivity index (χ2v) is 7.46. The summed E-state index contributed by atoms with van der Waals surface area (Å²) >= 11 is 0. The van der Waals surface area contributed by atoms with Crippen molar-refractivity contribution in [2.75, 3.05) is 33.0 Å². The molecule has 0 unspecified atom stereocenters. The van der Waals surface area contributed by atoms with Gasteiger partial charge in [0.1, 0.15) is 0 Å². The van der Waals surface area contributed by atoms with Crippen LogP contribution in [-0.4, -0.2) is 49.8 Å². The summed E-state index contributed by atoms with van der Waals surface area (Å²) in [6.45, 7) is 4.23. The smallest absolute Gasteiger partial charge is 0.228 e. The van der Waals surface area contributed by atoms with E-state index < -0.39 is 0 Å². The Bertz CT molecular complexity index is 399. The van der Waals surface area contributed by atoms with Crippen LogP contribution in [0.25, 0.3) is 0 Å². The lowest BCUT2D eigenvalue weighted by Gasteiger charge is -2.37. The van der Waals surface area contributed by atoms with Gasteiger partial charge < -0.3 is 14.4 Å². The van der Waals surface area contributed by atoms with E-state index in [-0.39, 0.29) is 5.92 Å². The Hall–Kier alpha value is -0.610. The summed E-state index contributed by atoms with van der Waals surface area (Å²) in [6.07, 6.45) is 8.18. The molecule has 3 saturated heterocycles. The summed E-state index contributed by atoms with van der Waals surface area (Å²) in [5.41, 5.74) is 0.366. The highest BCUT2D eigenvalue weighted by Crippen LogP contribution is 2.54. The average Bonchev–Trinajstić information content (AvgIpc) is 3.13. The van der Waals surface area contributed by atoms with Gasteiger partial charge in [0.15, 0.2) is 0 Å². The molecule has 0 aromatic heterocycles. The van der Waals surface area contributed by atoms with E-state index in [1.165, 1.54) is 19.3 Å². The number of hydrogen-bond acceptors (Lipinski definition) is 3. The molecule has 21 heavy (non-hydrogen) atoms. The second-order valence-electron chi connectivity index (χ2n) is 7.46. The highest BCUT2D eigenvalue weighted by atomic mass is 16.5. The normalized spacial score (nSPS) is 38.7. The van der Waals surface area contributed by atoms with Gasteiger partial charge in [0, 0.05) is 32.4 Å². The zero-order valence-corrected chi connectivity index (χ0v) is 12.9. The molecule has 0 bridgehead atoms. The van der Waals surface area contributed by atoms with E-state index in [9.17, 15) is 4.79 Å². The van der Waals surface area contributed by atoms with Crippen LogP contribution in [0.3, 0.4) is 0 Å². The number of carbonyl (C=O) groups is 1. The van der Waals surface area contributed by atoms with E-state index in [0.717, 1.165) is 58.0 Å². The number of amides is 1. The number of fused-ring (bicyclic) bond motifs is 2. The molecule has 4 nitrogen and oxygen atoms in total. The molecule has 0 aromatic rings. The third-order valence-corrected chi connectivity index (χ3v) is 6.43. The number of hydrogen-bond donors (Lipinski definition) is 0. The summed E-state index contributed by atoms with van der Waals surface area (Å²) in [7, 11) is 0. The minimum absolute atomic E-state index is 0.120. The maximum atomic E-state index is 13.0. The van der Waals surface area contributed by atoms with Crippen LogP contribution >= 0.6 is 0 Å². The molecule has 4 heteroatoms. The van der Waals surface area contributed by atoms with Gasteiger partial charge in [-0.15, -0.1) is 0 Å². The lowest BCUT2D eigenvalue weighted by atomic mass is 9.71. The Balaban J connectivity index is 1.53. The molecule has 4 aliphatic rings. The van der Waals surface area contributed by atoms with Crippen LogP contribution in [0, 0.1) is 17.3 Å². The summed E-state index contributed by atoms with van der Waals surface area (Å²) in [4.78, 5) is 15.2. The van der Waals surface area contributed by atoms with Crippen LogP contribution in [0.5, 0.6) is 0 Å². The zero-order valence-electron chi connectivity index (χ0n) is 12.9. The van der Waals surface area contributed by atoms with Crippen molar-refractivity contribution < 1.29 is 14.3 Å². The average molecular weight is 293 g/mol. The molecule has 0 radical (unpaired) electrons. The Morgan fingerprint density at radius 3 is 2.62 bits per heavy atom. The van der Waals surface area contributed by atoms with Gasteiger partial charge >= 0.3 is 0 Å². The molecule has 4 rings (SSSR count). The molecule has 0 N–H and O–H groups in total. The first-order valence-electron chi connectivity index (χ1n) is 8.76. The topological polar surface area (TPSA) is 38.8 Å². The molecular weight excluding hydrogens is 266 g/mol. The van der Waals surface area contributed by atoms with E-state index in [1.807, 2.05) is 0 Å². The molecule has 3 heterocycles. The molecule has 4 fully saturated rings. The maximum Gasteiger partial charge on any atom is 0.228 e. The molecule has 3 aliphatic heterocycles. The van der Waals surface area contributed by atoms with Gasteiger partial charge in [-0.25, -0.2) is 0 Å². The Labute approximate surface area is 127 Å². The van der Waals surface area contributed by atoms with Crippen molar-refractivity contribution in [1.82, 2.24) is 4.90 Å². The quantitative estimate of drug-likeness (QED) is 0.744. The molecule has 3 atom stereocenters. The van der Waals surface area contributed by atoms with Gasteiger partial charge in [-0.3, -0.25) is 4.79 Å². The highest BCUT2D eigenvalue weighted by molar-refractivity contribution is 5.80. The number of rotatable bonds is 1. The van der Waals surface area contributed by atoms with Crippen molar-refractivity contribution in [3.05, 3.63) is 0 Å². The summed E-state index contributed by atoms with van der Waals surface area (Å²) in [5.74, 6) is 1.24. The Kier molecular flexibility index (Phi) is 3.70. The molecule has 1 aliphatic carbocycles. The van der Waals surface area contributed by atoms with E-state index in [0.29, 0.717) is 24.0 Å². The van der Waals surface area contributed by atoms with E-state index in [2.05, 4.69) is 4.90 Å². The summed E-state index contributed by atoms with van der Waals surface area (Å²) in [6, 6.07) is 0.512. The van der Waals surface area contributed by atoms with E-state index >= 15 is 0 Å². The van der Waals surface area contributed by atoms with E-state index in [4.69, 9.17) is 9.47 Å².